The lowest BCUT2D eigenvalue weighted by molar-refractivity contribution is -0.138. The van der Waals surface area contributed by atoms with E-state index in [2.05, 4.69) is 10.3 Å². The number of likely N-dealkylation sites (tertiary alicyclic amines) is 1. The average molecular weight is 522 g/mol. The number of benzene rings is 2. The van der Waals surface area contributed by atoms with Gasteiger partial charge in [-0.1, -0.05) is 17.7 Å². The summed E-state index contributed by atoms with van der Waals surface area (Å²) in [5, 5.41) is 3.06. The Morgan fingerprint density at radius 2 is 1.94 bits per heavy atom. The van der Waals surface area contributed by atoms with Crippen LogP contribution in [0.2, 0.25) is 0 Å². The zero-order valence-corrected chi connectivity index (χ0v) is 20.1. The van der Waals surface area contributed by atoms with Gasteiger partial charge in [-0.25, -0.2) is 4.39 Å². The molecule has 2 aliphatic rings. The molecule has 0 atom stereocenters. The van der Waals surface area contributed by atoms with Gasteiger partial charge in [0.25, 0.3) is 5.91 Å². The fourth-order valence-electron chi connectivity index (χ4n) is 3.80. The van der Waals surface area contributed by atoms with Crippen molar-refractivity contribution in [3.8, 4) is 11.5 Å². The zero-order chi connectivity index (χ0) is 25.9. The maximum absolute atomic E-state index is 14.7. The highest BCUT2D eigenvalue weighted by Gasteiger charge is 2.35. The standard InChI is InChI=1S/C25H23F4N3O3S/c1-15-5-7-19(17(12-15)25(27,28)29)35-20-8-6-16(13-18(20)26)14-21-23(34)31-24(36-21)30-9-3-11-32-10-2-4-22(32)33/h5-8,12-14H,2-4,9-11H2,1H3,(H,30,31,34)/b21-14-. The number of nitrogens with zero attached hydrogens (tertiary/aromatic N) is 2. The van der Waals surface area contributed by atoms with Crippen molar-refractivity contribution < 1.29 is 31.9 Å². The Morgan fingerprint density at radius 1 is 1.17 bits per heavy atom. The van der Waals surface area contributed by atoms with Crippen molar-refractivity contribution in [2.45, 2.75) is 32.4 Å². The van der Waals surface area contributed by atoms with Gasteiger partial charge in [-0.2, -0.15) is 13.2 Å². The summed E-state index contributed by atoms with van der Waals surface area (Å²) in [6.07, 6.45) is -1.05. The third-order valence-electron chi connectivity index (χ3n) is 5.58. The van der Waals surface area contributed by atoms with E-state index in [1.807, 2.05) is 0 Å². The van der Waals surface area contributed by atoms with E-state index in [0.29, 0.717) is 47.1 Å². The quantitative estimate of drug-likeness (QED) is 0.296. The van der Waals surface area contributed by atoms with Crippen molar-refractivity contribution >= 4 is 34.8 Å². The van der Waals surface area contributed by atoms with Gasteiger partial charge in [0.1, 0.15) is 5.75 Å². The molecule has 0 unspecified atom stereocenters. The molecule has 1 N–H and O–H groups in total. The average Bonchev–Trinajstić information content (AvgIpc) is 3.38. The van der Waals surface area contributed by atoms with Crippen LogP contribution in [0.15, 0.2) is 46.3 Å². The van der Waals surface area contributed by atoms with Crippen molar-refractivity contribution in [2.24, 2.45) is 4.99 Å². The lowest BCUT2D eigenvalue weighted by Crippen LogP contribution is -2.26. The summed E-state index contributed by atoms with van der Waals surface area (Å²) in [4.78, 5) is 30.3. The molecular formula is C25H23F4N3O3S. The number of halogens is 4. The molecule has 190 valence electrons. The summed E-state index contributed by atoms with van der Waals surface area (Å²) in [7, 11) is 0. The number of nitrogens with one attached hydrogen (secondary N) is 1. The fourth-order valence-corrected chi connectivity index (χ4v) is 4.64. The first-order valence-corrected chi connectivity index (χ1v) is 12.1. The molecule has 4 rings (SSSR count). The largest absolute Gasteiger partial charge is 0.454 e. The summed E-state index contributed by atoms with van der Waals surface area (Å²) in [5.74, 6) is -1.97. The number of amidine groups is 1. The third-order valence-corrected chi connectivity index (χ3v) is 6.53. The van der Waals surface area contributed by atoms with Gasteiger partial charge in [0, 0.05) is 26.1 Å². The first kappa shape index (κ1) is 25.7. The Morgan fingerprint density at radius 3 is 2.64 bits per heavy atom. The minimum atomic E-state index is -4.65. The molecule has 0 aromatic heterocycles. The molecule has 0 spiro atoms. The molecule has 6 nitrogen and oxygen atoms in total. The Kier molecular flexibility index (Phi) is 7.67. The van der Waals surface area contributed by atoms with Gasteiger partial charge in [0.15, 0.2) is 16.7 Å². The van der Waals surface area contributed by atoms with Crippen molar-refractivity contribution in [3.05, 3.63) is 63.8 Å². The molecule has 0 radical (unpaired) electrons. The van der Waals surface area contributed by atoms with Crippen LogP contribution in [-0.4, -0.2) is 41.5 Å². The Balaban J connectivity index is 1.40. The second-order valence-electron chi connectivity index (χ2n) is 8.38. The van der Waals surface area contributed by atoms with Crippen LogP contribution >= 0.6 is 11.8 Å². The van der Waals surface area contributed by atoms with E-state index in [9.17, 15) is 27.2 Å². The van der Waals surface area contributed by atoms with E-state index < -0.39 is 23.3 Å². The molecule has 11 heteroatoms. The van der Waals surface area contributed by atoms with Crippen molar-refractivity contribution in [1.82, 2.24) is 10.2 Å². The highest BCUT2D eigenvalue weighted by atomic mass is 32.2. The second kappa shape index (κ2) is 10.7. The van der Waals surface area contributed by atoms with Crippen LogP contribution in [0, 0.1) is 12.7 Å². The summed E-state index contributed by atoms with van der Waals surface area (Å²) in [5.41, 5.74) is -0.258. The maximum atomic E-state index is 14.7. The molecule has 0 saturated carbocycles. The molecule has 0 aliphatic carbocycles. The molecule has 2 fully saturated rings. The van der Waals surface area contributed by atoms with Crippen molar-refractivity contribution in [3.63, 3.8) is 0 Å². The summed E-state index contributed by atoms with van der Waals surface area (Å²) in [6.45, 7) is 3.35. The van der Waals surface area contributed by atoms with Crippen molar-refractivity contribution in [2.75, 3.05) is 19.6 Å². The number of carbonyl (C=O) groups excluding carboxylic acids is 2. The normalized spacial score (nSPS) is 18.4. The fraction of sp³-hybridized carbons (Fsp3) is 0.320. The topological polar surface area (TPSA) is 71.0 Å². The molecule has 36 heavy (non-hydrogen) atoms. The Hall–Kier alpha value is -3.34. The maximum Gasteiger partial charge on any atom is 0.419 e. The molecule has 2 amide bonds. The van der Waals surface area contributed by atoms with E-state index in [0.717, 1.165) is 42.9 Å². The van der Waals surface area contributed by atoms with Crippen molar-refractivity contribution in [1.29, 1.82) is 0 Å². The van der Waals surface area contributed by atoms with Crippen LogP contribution in [0.3, 0.4) is 0 Å². The van der Waals surface area contributed by atoms with Crippen LogP contribution in [0.1, 0.15) is 36.0 Å². The summed E-state index contributed by atoms with van der Waals surface area (Å²) >= 11 is 1.11. The van der Waals surface area contributed by atoms with Crippen LogP contribution in [0.25, 0.3) is 6.08 Å². The smallest absolute Gasteiger partial charge is 0.419 e. The van der Waals surface area contributed by atoms with Gasteiger partial charge < -0.3 is 15.0 Å². The first-order chi connectivity index (χ1) is 17.1. The van der Waals surface area contributed by atoms with Crippen LogP contribution in [0.5, 0.6) is 11.5 Å². The van der Waals surface area contributed by atoms with Crippen LogP contribution in [0.4, 0.5) is 17.6 Å². The van der Waals surface area contributed by atoms with E-state index in [-0.39, 0.29) is 17.6 Å². The van der Waals surface area contributed by atoms with Gasteiger partial charge in [-0.3, -0.25) is 14.6 Å². The number of thioether (sulfide) groups is 1. The predicted molar refractivity (Wildman–Crippen MR) is 129 cm³/mol. The number of alkyl halides is 3. The number of aliphatic imine (C=N–C) groups is 1. The van der Waals surface area contributed by atoms with Gasteiger partial charge in [0.05, 0.1) is 10.5 Å². The van der Waals surface area contributed by atoms with E-state index in [4.69, 9.17) is 4.74 Å². The Bertz CT molecular complexity index is 1240. The minimum absolute atomic E-state index is 0.153. The number of hydrogen-bond donors (Lipinski definition) is 1. The van der Waals surface area contributed by atoms with E-state index in [1.165, 1.54) is 31.2 Å². The molecule has 2 aliphatic heterocycles. The number of rotatable bonds is 7. The van der Waals surface area contributed by atoms with Crippen LogP contribution in [-0.2, 0) is 15.8 Å². The second-order valence-corrected chi connectivity index (χ2v) is 9.41. The van der Waals surface area contributed by atoms with Gasteiger partial charge >= 0.3 is 6.18 Å². The predicted octanol–water partition coefficient (Wildman–Crippen LogP) is 5.52. The summed E-state index contributed by atoms with van der Waals surface area (Å²) < 4.78 is 59.9. The molecule has 2 aromatic carbocycles. The highest BCUT2D eigenvalue weighted by molar-refractivity contribution is 8.18. The van der Waals surface area contributed by atoms with Crippen LogP contribution < -0.4 is 10.1 Å². The number of carbonyl (C=O) groups is 2. The molecule has 2 aromatic rings. The highest BCUT2D eigenvalue weighted by Crippen LogP contribution is 2.39. The lowest BCUT2D eigenvalue weighted by atomic mass is 10.1. The molecular weight excluding hydrogens is 498 g/mol. The third kappa shape index (κ3) is 6.26. The Labute approximate surface area is 209 Å². The first-order valence-electron chi connectivity index (χ1n) is 11.3. The lowest BCUT2D eigenvalue weighted by Gasteiger charge is -2.15. The van der Waals surface area contributed by atoms with E-state index in [1.54, 1.807) is 4.90 Å². The molecule has 2 heterocycles. The number of amides is 2. The van der Waals surface area contributed by atoms with Gasteiger partial charge in [-0.05, 0) is 67.4 Å². The van der Waals surface area contributed by atoms with E-state index >= 15 is 0 Å². The number of hydrogen-bond acceptors (Lipinski definition) is 5. The number of aryl methyl sites for hydroxylation is 1. The minimum Gasteiger partial charge on any atom is -0.454 e. The SMILES string of the molecule is Cc1ccc(Oc2ccc(/C=C3\SC(=NCCCN4CCCC4=O)NC3=O)cc2F)c(C(F)(F)F)c1. The molecule has 0 bridgehead atoms. The van der Waals surface area contributed by atoms with Gasteiger partial charge in [-0.15, -0.1) is 0 Å². The van der Waals surface area contributed by atoms with Gasteiger partial charge in [0.2, 0.25) is 5.91 Å². The monoisotopic (exact) mass is 521 g/mol. The number of ether oxygens (including phenoxy) is 1. The molecule has 2 saturated heterocycles. The summed E-state index contributed by atoms with van der Waals surface area (Å²) in [6, 6.07) is 7.28. The zero-order valence-electron chi connectivity index (χ0n) is 19.3.